The Morgan fingerprint density at radius 2 is 1.88 bits per heavy atom. The SMILES string of the molecule is Cc1ccccc1CN=C(NCCCc1cn[nH]c1C)Nc1ccc2c(c1)OCCCO2.I. The van der Waals surface area contributed by atoms with Gasteiger partial charge in [-0.3, -0.25) is 5.10 Å². The molecule has 0 fully saturated rings. The molecule has 0 amide bonds. The maximum atomic E-state index is 5.83. The highest BCUT2D eigenvalue weighted by Crippen LogP contribution is 2.32. The first kappa shape index (κ1) is 24.9. The van der Waals surface area contributed by atoms with E-state index in [9.17, 15) is 0 Å². The quantitative estimate of drug-likeness (QED) is 0.164. The number of guanidine groups is 1. The number of anilines is 1. The van der Waals surface area contributed by atoms with Crippen LogP contribution in [0.4, 0.5) is 5.69 Å². The molecule has 0 bridgehead atoms. The van der Waals surface area contributed by atoms with E-state index in [0.29, 0.717) is 19.8 Å². The predicted molar refractivity (Wildman–Crippen MR) is 143 cm³/mol. The van der Waals surface area contributed by atoms with Crippen LogP contribution in [0.15, 0.2) is 53.7 Å². The third-order valence-electron chi connectivity index (χ3n) is 5.53. The molecule has 7 nitrogen and oxygen atoms in total. The summed E-state index contributed by atoms with van der Waals surface area (Å²) in [4.78, 5) is 4.84. The summed E-state index contributed by atoms with van der Waals surface area (Å²) in [6.07, 6.45) is 4.73. The van der Waals surface area contributed by atoms with Crippen molar-refractivity contribution in [2.24, 2.45) is 4.99 Å². The minimum atomic E-state index is 0. The first-order chi connectivity index (χ1) is 15.7. The molecule has 0 saturated carbocycles. The maximum absolute atomic E-state index is 5.83. The minimum absolute atomic E-state index is 0. The van der Waals surface area contributed by atoms with E-state index in [-0.39, 0.29) is 24.0 Å². The molecule has 4 rings (SSSR count). The van der Waals surface area contributed by atoms with E-state index in [2.05, 4.69) is 58.9 Å². The summed E-state index contributed by atoms with van der Waals surface area (Å²) >= 11 is 0. The van der Waals surface area contributed by atoms with Gasteiger partial charge in [-0.2, -0.15) is 5.10 Å². The Hall–Kier alpha value is -2.75. The molecule has 2 heterocycles. The number of ether oxygens (including phenoxy) is 2. The number of benzene rings is 2. The Morgan fingerprint density at radius 3 is 2.67 bits per heavy atom. The second kappa shape index (κ2) is 12.5. The van der Waals surface area contributed by atoms with Gasteiger partial charge in [-0.1, -0.05) is 24.3 Å². The van der Waals surface area contributed by atoms with Crippen LogP contribution < -0.4 is 20.1 Å². The number of aryl methyl sites for hydroxylation is 3. The number of nitrogens with one attached hydrogen (secondary N) is 3. The molecule has 0 atom stereocenters. The fraction of sp³-hybridized carbons (Fsp3) is 0.360. The zero-order chi connectivity index (χ0) is 22.2. The molecular formula is C25H32IN5O2. The standard InChI is InChI=1S/C25H31N5O2.HI/c1-18-7-3-4-8-20(18)16-27-25(26-12-5-9-21-17-28-30-19(21)2)29-22-10-11-23-24(15-22)32-14-6-13-31-23;/h3-4,7-8,10-11,15,17H,5-6,9,12-14,16H2,1-2H3,(H,28,30)(H2,26,27,29);1H. The lowest BCUT2D eigenvalue weighted by molar-refractivity contribution is 0.297. The molecule has 1 aliphatic rings. The van der Waals surface area contributed by atoms with Crippen LogP contribution >= 0.6 is 24.0 Å². The summed E-state index contributed by atoms with van der Waals surface area (Å²) < 4.78 is 11.6. The number of aromatic nitrogens is 2. The first-order valence-electron chi connectivity index (χ1n) is 11.2. The summed E-state index contributed by atoms with van der Waals surface area (Å²) in [5.41, 5.74) is 5.74. The summed E-state index contributed by atoms with van der Waals surface area (Å²) in [6.45, 7) is 6.91. The number of nitrogens with zero attached hydrogens (tertiary/aromatic N) is 2. The Kier molecular flexibility index (Phi) is 9.41. The summed E-state index contributed by atoms with van der Waals surface area (Å²) in [5.74, 6) is 2.29. The molecule has 0 unspecified atom stereocenters. The number of H-pyrrole nitrogens is 1. The van der Waals surface area contributed by atoms with Crippen molar-refractivity contribution in [2.75, 3.05) is 25.1 Å². The van der Waals surface area contributed by atoms with Crippen LogP contribution in [-0.4, -0.2) is 35.9 Å². The lowest BCUT2D eigenvalue weighted by Gasteiger charge is -2.15. The van der Waals surface area contributed by atoms with Crippen molar-refractivity contribution in [2.45, 2.75) is 39.7 Å². The minimum Gasteiger partial charge on any atom is -0.490 e. The van der Waals surface area contributed by atoms with Crippen molar-refractivity contribution < 1.29 is 9.47 Å². The summed E-state index contributed by atoms with van der Waals surface area (Å²) in [5, 5.41) is 14.0. The van der Waals surface area contributed by atoms with E-state index in [0.717, 1.165) is 54.6 Å². The molecule has 3 aromatic rings. The van der Waals surface area contributed by atoms with Crippen LogP contribution in [0.3, 0.4) is 0 Å². The van der Waals surface area contributed by atoms with E-state index in [1.807, 2.05) is 24.4 Å². The van der Waals surface area contributed by atoms with Gasteiger partial charge in [0.15, 0.2) is 17.5 Å². The zero-order valence-electron chi connectivity index (χ0n) is 19.2. The van der Waals surface area contributed by atoms with E-state index >= 15 is 0 Å². The van der Waals surface area contributed by atoms with Crippen molar-refractivity contribution in [3.8, 4) is 11.5 Å². The molecule has 0 aliphatic carbocycles. The molecule has 1 aromatic heterocycles. The Morgan fingerprint density at radius 1 is 1.06 bits per heavy atom. The second-order valence-electron chi connectivity index (χ2n) is 7.98. The fourth-order valence-corrected chi connectivity index (χ4v) is 3.58. The molecule has 2 aromatic carbocycles. The van der Waals surface area contributed by atoms with Gasteiger partial charge in [0.1, 0.15) is 0 Å². The number of fused-ring (bicyclic) bond motifs is 1. The van der Waals surface area contributed by atoms with Crippen LogP contribution in [0.1, 0.15) is 35.2 Å². The van der Waals surface area contributed by atoms with Crippen molar-refractivity contribution in [1.82, 2.24) is 15.5 Å². The van der Waals surface area contributed by atoms with Gasteiger partial charge in [0.25, 0.3) is 0 Å². The van der Waals surface area contributed by atoms with Gasteiger partial charge >= 0.3 is 0 Å². The van der Waals surface area contributed by atoms with Gasteiger partial charge < -0.3 is 20.1 Å². The highest BCUT2D eigenvalue weighted by molar-refractivity contribution is 14.0. The third-order valence-corrected chi connectivity index (χ3v) is 5.53. The number of halogens is 1. The topological polar surface area (TPSA) is 83.6 Å². The van der Waals surface area contributed by atoms with Gasteiger partial charge in [-0.25, -0.2) is 4.99 Å². The predicted octanol–water partition coefficient (Wildman–Crippen LogP) is 5.00. The fourth-order valence-electron chi connectivity index (χ4n) is 3.58. The van der Waals surface area contributed by atoms with Crippen LogP contribution in [0, 0.1) is 13.8 Å². The highest BCUT2D eigenvalue weighted by Gasteiger charge is 2.11. The van der Waals surface area contributed by atoms with Crippen molar-refractivity contribution in [3.05, 3.63) is 71.0 Å². The normalized spacial score (nSPS) is 13.1. The van der Waals surface area contributed by atoms with Crippen molar-refractivity contribution >= 4 is 35.6 Å². The van der Waals surface area contributed by atoms with Crippen molar-refractivity contribution in [1.29, 1.82) is 0 Å². The van der Waals surface area contributed by atoms with Gasteiger partial charge in [0.05, 0.1) is 26.0 Å². The average molecular weight is 561 g/mol. The van der Waals surface area contributed by atoms with Crippen LogP contribution in [0.25, 0.3) is 0 Å². The van der Waals surface area contributed by atoms with Gasteiger partial charge in [-0.15, -0.1) is 24.0 Å². The lowest BCUT2D eigenvalue weighted by atomic mass is 10.1. The summed E-state index contributed by atoms with van der Waals surface area (Å²) in [6, 6.07) is 14.2. The number of hydrogen-bond donors (Lipinski definition) is 3. The molecular weight excluding hydrogens is 529 g/mol. The van der Waals surface area contributed by atoms with E-state index in [1.165, 1.54) is 16.7 Å². The van der Waals surface area contributed by atoms with E-state index < -0.39 is 0 Å². The van der Waals surface area contributed by atoms with Gasteiger partial charge in [0, 0.05) is 30.4 Å². The maximum Gasteiger partial charge on any atom is 0.196 e. The Balaban J connectivity index is 0.00000306. The molecule has 0 spiro atoms. The molecule has 176 valence electrons. The Bertz CT molecular complexity index is 1070. The summed E-state index contributed by atoms with van der Waals surface area (Å²) in [7, 11) is 0. The van der Waals surface area contributed by atoms with Crippen molar-refractivity contribution in [3.63, 3.8) is 0 Å². The smallest absolute Gasteiger partial charge is 0.196 e. The highest BCUT2D eigenvalue weighted by atomic mass is 127. The van der Waals surface area contributed by atoms with E-state index in [4.69, 9.17) is 14.5 Å². The molecule has 33 heavy (non-hydrogen) atoms. The lowest BCUT2D eigenvalue weighted by Crippen LogP contribution is -2.32. The zero-order valence-corrected chi connectivity index (χ0v) is 21.5. The monoisotopic (exact) mass is 561 g/mol. The van der Waals surface area contributed by atoms with E-state index in [1.54, 1.807) is 0 Å². The molecule has 0 radical (unpaired) electrons. The molecule has 3 N–H and O–H groups in total. The Labute approximate surface area is 212 Å². The second-order valence-corrected chi connectivity index (χ2v) is 7.98. The van der Waals surface area contributed by atoms with Crippen LogP contribution in [0.5, 0.6) is 11.5 Å². The molecule has 0 saturated heterocycles. The first-order valence-corrected chi connectivity index (χ1v) is 11.2. The third kappa shape index (κ3) is 7.12. The van der Waals surface area contributed by atoms with Crippen LogP contribution in [0.2, 0.25) is 0 Å². The largest absolute Gasteiger partial charge is 0.490 e. The number of hydrogen-bond acceptors (Lipinski definition) is 4. The van der Waals surface area contributed by atoms with Gasteiger partial charge in [0.2, 0.25) is 0 Å². The average Bonchev–Trinajstić information content (AvgIpc) is 3.06. The molecule has 8 heteroatoms. The molecule has 1 aliphatic heterocycles. The number of rotatable bonds is 7. The number of aliphatic imine (C=N–C) groups is 1. The number of aromatic amines is 1. The van der Waals surface area contributed by atoms with Gasteiger partial charge in [-0.05, 0) is 55.5 Å². The van der Waals surface area contributed by atoms with Crippen LogP contribution in [-0.2, 0) is 13.0 Å².